The highest BCUT2D eigenvalue weighted by molar-refractivity contribution is 5.95. The number of hydrogen-bond acceptors (Lipinski definition) is 6. The summed E-state index contributed by atoms with van der Waals surface area (Å²) in [5, 5.41) is 23.5. The van der Waals surface area contributed by atoms with Gasteiger partial charge in [-0.25, -0.2) is 0 Å². The Morgan fingerprint density at radius 3 is 1.80 bits per heavy atom. The molecule has 0 bridgehead atoms. The lowest BCUT2D eigenvalue weighted by Gasteiger charge is -2.28. The molecule has 1 aromatic carbocycles. The largest absolute Gasteiger partial charge is 0.394 e. The molecule has 46 heavy (non-hydrogen) atoms. The third-order valence-corrected chi connectivity index (χ3v) is 7.60. The normalized spacial score (nSPS) is 14.9. The van der Waals surface area contributed by atoms with Gasteiger partial charge in [0.05, 0.1) is 40.3 Å². The number of nitrogens with zero attached hydrogens (tertiary/aromatic N) is 1. The Morgan fingerprint density at radius 1 is 0.717 bits per heavy atom. The second-order valence-corrected chi connectivity index (χ2v) is 14.0. The van der Waals surface area contributed by atoms with Gasteiger partial charge in [0.15, 0.2) is 0 Å². The van der Waals surface area contributed by atoms with E-state index in [1.165, 1.54) is 13.8 Å². The van der Waals surface area contributed by atoms with Crippen molar-refractivity contribution in [3.8, 4) is 0 Å². The zero-order valence-electron chi connectivity index (χ0n) is 29.3. The molecule has 12 nitrogen and oxygen atoms in total. The highest BCUT2D eigenvalue weighted by Crippen LogP contribution is 2.11. The molecule has 0 aliphatic rings. The molecule has 1 aromatic rings. The van der Waals surface area contributed by atoms with Crippen molar-refractivity contribution in [2.75, 3.05) is 34.3 Å². The molecule has 1 rings (SSSR count). The summed E-state index contributed by atoms with van der Waals surface area (Å²) < 4.78 is 0.776. The van der Waals surface area contributed by atoms with E-state index in [1.807, 2.05) is 58.0 Å². The molecule has 6 N–H and O–H groups in total. The average Bonchev–Trinajstić information content (AvgIpc) is 2.95. The minimum Gasteiger partial charge on any atom is -0.394 e. The van der Waals surface area contributed by atoms with Crippen molar-refractivity contribution in [1.82, 2.24) is 26.6 Å². The first-order valence-electron chi connectivity index (χ1n) is 16.4. The molecule has 5 amide bonds. The highest BCUT2D eigenvalue weighted by atomic mass is 16.3. The number of aliphatic hydroxyl groups is 1. The SMILES string of the molecule is CC(=O)N[C@@H](Cc1ccccc1)C(=O)N[C@@H](C)C(=O)N[C@@H](CC(C)C)C(=O)N[C@@H](CCCC[N+](C)(C)C)C(=O)NC(CO)C(C)C. The number of unbranched alkanes of at least 4 members (excludes halogenated alkanes) is 1. The van der Waals surface area contributed by atoms with Crippen LogP contribution in [0.1, 0.15) is 72.8 Å². The summed E-state index contributed by atoms with van der Waals surface area (Å²) in [7, 11) is 6.27. The molecule has 0 saturated heterocycles. The first-order valence-corrected chi connectivity index (χ1v) is 16.4. The van der Waals surface area contributed by atoms with Crippen molar-refractivity contribution in [2.24, 2.45) is 11.8 Å². The molecule has 0 heterocycles. The molecule has 0 saturated carbocycles. The maximum atomic E-state index is 13.6. The number of nitrogens with one attached hydrogen (secondary N) is 5. The van der Waals surface area contributed by atoms with Crippen LogP contribution in [-0.2, 0) is 30.4 Å². The Bertz CT molecular complexity index is 1120. The fraction of sp³-hybridized carbons (Fsp3) is 0.676. The smallest absolute Gasteiger partial charge is 0.243 e. The van der Waals surface area contributed by atoms with E-state index in [1.54, 1.807) is 0 Å². The number of carbonyl (C=O) groups is 5. The van der Waals surface area contributed by atoms with Crippen LogP contribution in [0, 0.1) is 11.8 Å². The van der Waals surface area contributed by atoms with E-state index >= 15 is 0 Å². The van der Waals surface area contributed by atoms with E-state index in [0.717, 1.165) is 23.0 Å². The van der Waals surface area contributed by atoms with Crippen LogP contribution in [0.3, 0.4) is 0 Å². The quantitative estimate of drug-likeness (QED) is 0.0922. The van der Waals surface area contributed by atoms with Gasteiger partial charge in [0, 0.05) is 13.3 Å². The third-order valence-electron chi connectivity index (χ3n) is 7.60. The van der Waals surface area contributed by atoms with E-state index in [-0.39, 0.29) is 36.7 Å². The molecule has 5 atom stereocenters. The number of rotatable bonds is 20. The number of amides is 5. The van der Waals surface area contributed by atoms with Crippen LogP contribution < -0.4 is 26.6 Å². The van der Waals surface area contributed by atoms with Crippen LogP contribution in [0.4, 0.5) is 0 Å². The standard InChI is InChI=1S/C34H58N6O6/c1-22(2)19-28(34(46)37-27(17-13-14-18-40(7,8)9)32(44)39-30(21-41)23(3)4)38-31(43)24(5)35-33(45)29(36-25(6)42)20-26-15-11-10-12-16-26/h10-12,15-16,22-24,27-30,41H,13-14,17-21H2,1-9H3,(H4-,35,36,37,38,39,42,43,44,45,46)/p+1/t24-,27-,28-,29-,30?/m0/s1. The Labute approximate surface area is 275 Å². The minimum atomic E-state index is -1.01. The first kappa shape index (κ1) is 40.5. The van der Waals surface area contributed by atoms with Gasteiger partial charge in [-0.3, -0.25) is 24.0 Å². The number of benzene rings is 1. The van der Waals surface area contributed by atoms with E-state index in [4.69, 9.17) is 0 Å². The van der Waals surface area contributed by atoms with Gasteiger partial charge in [-0.05, 0) is 50.0 Å². The fourth-order valence-electron chi connectivity index (χ4n) is 4.87. The average molecular weight is 648 g/mol. The zero-order valence-corrected chi connectivity index (χ0v) is 29.3. The summed E-state index contributed by atoms with van der Waals surface area (Å²) in [4.78, 5) is 65.1. The lowest BCUT2D eigenvalue weighted by Crippen LogP contribution is -2.58. The topological polar surface area (TPSA) is 166 Å². The Kier molecular flexibility index (Phi) is 17.5. The lowest BCUT2D eigenvalue weighted by atomic mass is 10.0. The number of hydrogen-bond donors (Lipinski definition) is 6. The predicted octanol–water partition coefficient (Wildman–Crippen LogP) is 1.26. The van der Waals surface area contributed by atoms with Gasteiger partial charge in [0.1, 0.15) is 24.2 Å². The Morgan fingerprint density at radius 2 is 1.28 bits per heavy atom. The second kappa shape index (κ2) is 19.9. The van der Waals surface area contributed by atoms with Crippen molar-refractivity contribution < 1.29 is 33.6 Å². The highest BCUT2D eigenvalue weighted by Gasteiger charge is 2.31. The monoisotopic (exact) mass is 647 g/mol. The molecular weight excluding hydrogens is 588 g/mol. The van der Waals surface area contributed by atoms with E-state index in [9.17, 15) is 29.1 Å². The van der Waals surface area contributed by atoms with Crippen LogP contribution in [-0.4, -0.2) is 104 Å². The van der Waals surface area contributed by atoms with Gasteiger partial charge < -0.3 is 36.2 Å². The molecule has 1 unspecified atom stereocenters. The lowest BCUT2D eigenvalue weighted by molar-refractivity contribution is -0.870. The summed E-state index contributed by atoms with van der Waals surface area (Å²) in [6.07, 6.45) is 2.49. The van der Waals surface area contributed by atoms with Gasteiger partial charge >= 0.3 is 0 Å². The van der Waals surface area contributed by atoms with Crippen molar-refractivity contribution in [3.05, 3.63) is 35.9 Å². The van der Waals surface area contributed by atoms with Crippen molar-refractivity contribution in [3.63, 3.8) is 0 Å². The number of carbonyl (C=O) groups excluding carboxylic acids is 5. The molecule has 0 radical (unpaired) electrons. The Hall–Kier alpha value is -3.51. The van der Waals surface area contributed by atoms with Crippen LogP contribution >= 0.6 is 0 Å². The molecule has 0 fully saturated rings. The fourth-order valence-corrected chi connectivity index (χ4v) is 4.87. The number of aliphatic hydroxyl groups excluding tert-OH is 1. The Balaban J connectivity index is 3.03. The van der Waals surface area contributed by atoms with Crippen molar-refractivity contribution in [2.45, 2.75) is 104 Å². The summed E-state index contributed by atoms with van der Waals surface area (Å²) in [6, 6.07) is 5.04. The summed E-state index contributed by atoms with van der Waals surface area (Å²) in [5.74, 6) is -2.34. The van der Waals surface area contributed by atoms with Gasteiger partial charge in [-0.15, -0.1) is 0 Å². The predicted molar refractivity (Wildman–Crippen MR) is 179 cm³/mol. The van der Waals surface area contributed by atoms with Crippen LogP contribution in [0.25, 0.3) is 0 Å². The van der Waals surface area contributed by atoms with E-state index < -0.39 is 47.9 Å². The maximum absolute atomic E-state index is 13.6. The van der Waals surface area contributed by atoms with Gasteiger partial charge in [-0.1, -0.05) is 58.0 Å². The molecule has 0 aliphatic heterocycles. The van der Waals surface area contributed by atoms with Crippen LogP contribution in [0.15, 0.2) is 30.3 Å². The van der Waals surface area contributed by atoms with Crippen LogP contribution in [0.2, 0.25) is 0 Å². The van der Waals surface area contributed by atoms with E-state index in [0.29, 0.717) is 19.3 Å². The van der Waals surface area contributed by atoms with Gasteiger partial charge in [0.2, 0.25) is 29.5 Å². The number of quaternary nitrogens is 1. The molecule has 0 spiro atoms. The maximum Gasteiger partial charge on any atom is 0.243 e. The molecule has 0 aliphatic carbocycles. The molecular formula is C34H59N6O6+. The first-order chi connectivity index (χ1) is 21.4. The second-order valence-electron chi connectivity index (χ2n) is 14.0. The van der Waals surface area contributed by atoms with Crippen LogP contribution in [0.5, 0.6) is 0 Å². The molecule has 12 heteroatoms. The summed E-state index contributed by atoms with van der Waals surface area (Å²) in [6.45, 7) is 11.1. The zero-order chi connectivity index (χ0) is 35.0. The van der Waals surface area contributed by atoms with Crippen molar-refractivity contribution in [1.29, 1.82) is 0 Å². The van der Waals surface area contributed by atoms with Gasteiger partial charge in [-0.2, -0.15) is 0 Å². The van der Waals surface area contributed by atoms with Gasteiger partial charge in [0.25, 0.3) is 0 Å². The molecule has 260 valence electrons. The third kappa shape index (κ3) is 16.2. The summed E-state index contributed by atoms with van der Waals surface area (Å²) in [5.41, 5.74) is 0.844. The minimum absolute atomic E-state index is 0.00824. The van der Waals surface area contributed by atoms with Crippen molar-refractivity contribution >= 4 is 29.5 Å². The molecule has 0 aromatic heterocycles. The summed E-state index contributed by atoms with van der Waals surface area (Å²) >= 11 is 0. The van der Waals surface area contributed by atoms with E-state index in [2.05, 4.69) is 47.7 Å².